The number of anilines is 1. The first-order valence-corrected chi connectivity index (χ1v) is 7.90. The van der Waals surface area contributed by atoms with Gasteiger partial charge in [-0.3, -0.25) is 9.59 Å². The molecular formula is C17H23N3O2. The van der Waals surface area contributed by atoms with Gasteiger partial charge >= 0.3 is 0 Å². The van der Waals surface area contributed by atoms with E-state index in [4.69, 9.17) is 5.73 Å². The second-order valence-corrected chi connectivity index (χ2v) is 6.43. The number of amides is 2. The van der Waals surface area contributed by atoms with E-state index in [0.717, 1.165) is 17.7 Å². The molecule has 0 spiro atoms. The molecule has 1 aromatic rings. The molecule has 2 saturated heterocycles. The van der Waals surface area contributed by atoms with Crippen molar-refractivity contribution in [3.05, 3.63) is 29.3 Å². The Hall–Kier alpha value is -1.88. The van der Waals surface area contributed by atoms with Crippen LogP contribution in [0.2, 0.25) is 0 Å². The van der Waals surface area contributed by atoms with Crippen molar-refractivity contribution in [2.45, 2.75) is 32.7 Å². The van der Waals surface area contributed by atoms with Crippen LogP contribution in [0.3, 0.4) is 0 Å². The van der Waals surface area contributed by atoms with Crippen molar-refractivity contribution >= 4 is 17.5 Å². The van der Waals surface area contributed by atoms with Gasteiger partial charge in [-0.15, -0.1) is 0 Å². The highest BCUT2D eigenvalue weighted by atomic mass is 16.2. The number of likely N-dealkylation sites (tertiary alicyclic amines) is 1. The average Bonchev–Trinajstić information content (AvgIpc) is 3.08. The molecule has 2 N–H and O–H groups in total. The van der Waals surface area contributed by atoms with E-state index in [1.54, 1.807) is 9.80 Å². The Morgan fingerprint density at radius 2 is 1.95 bits per heavy atom. The second-order valence-electron chi connectivity index (χ2n) is 6.43. The van der Waals surface area contributed by atoms with E-state index >= 15 is 0 Å². The van der Waals surface area contributed by atoms with Crippen LogP contribution in [0.25, 0.3) is 0 Å². The first-order chi connectivity index (χ1) is 10.5. The van der Waals surface area contributed by atoms with Crippen LogP contribution in [0, 0.1) is 19.8 Å². The summed E-state index contributed by atoms with van der Waals surface area (Å²) in [5, 5.41) is 0. The minimum absolute atomic E-state index is 0.0516. The molecule has 22 heavy (non-hydrogen) atoms. The quantitative estimate of drug-likeness (QED) is 0.835. The van der Waals surface area contributed by atoms with Gasteiger partial charge in [0.05, 0.1) is 0 Å². The highest BCUT2D eigenvalue weighted by molar-refractivity contribution is 6.09. The molecule has 5 heteroatoms. The van der Waals surface area contributed by atoms with Crippen LogP contribution in [-0.2, 0) is 9.59 Å². The van der Waals surface area contributed by atoms with Crippen LogP contribution in [-0.4, -0.2) is 42.4 Å². The van der Waals surface area contributed by atoms with E-state index in [0.29, 0.717) is 26.1 Å². The monoisotopic (exact) mass is 301 g/mol. The first kappa shape index (κ1) is 15.0. The first-order valence-electron chi connectivity index (χ1n) is 7.90. The van der Waals surface area contributed by atoms with Gasteiger partial charge in [-0.2, -0.15) is 0 Å². The average molecular weight is 301 g/mol. The molecule has 118 valence electrons. The van der Waals surface area contributed by atoms with Crippen molar-refractivity contribution in [1.82, 2.24) is 4.90 Å². The van der Waals surface area contributed by atoms with Crippen LogP contribution in [0.4, 0.5) is 5.69 Å². The molecule has 1 aromatic carbocycles. The van der Waals surface area contributed by atoms with Crippen LogP contribution in [0.1, 0.15) is 24.0 Å². The van der Waals surface area contributed by atoms with Crippen LogP contribution in [0.5, 0.6) is 0 Å². The summed E-state index contributed by atoms with van der Waals surface area (Å²) >= 11 is 0. The van der Waals surface area contributed by atoms with E-state index in [-0.39, 0.29) is 17.9 Å². The third kappa shape index (κ3) is 2.61. The van der Waals surface area contributed by atoms with Gasteiger partial charge in [0, 0.05) is 31.4 Å². The number of aryl methyl sites for hydroxylation is 2. The molecular weight excluding hydrogens is 278 g/mol. The van der Waals surface area contributed by atoms with Crippen molar-refractivity contribution < 1.29 is 9.59 Å². The van der Waals surface area contributed by atoms with Crippen molar-refractivity contribution in [2.24, 2.45) is 11.7 Å². The van der Waals surface area contributed by atoms with Gasteiger partial charge < -0.3 is 15.5 Å². The number of benzene rings is 1. The van der Waals surface area contributed by atoms with E-state index < -0.39 is 5.92 Å². The van der Waals surface area contributed by atoms with Gasteiger partial charge in [0.15, 0.2) is 0 Å². The largest absolute Gasteiger partial charge is 0.340 e. The van der Waals surface area contributed by atoms with E-state index in [1.165, 1.54) is 5.56 Å². The molecule has 0 radical (unpaired) electrons. The summed E-state index contributed by atoms with van der Waals surface area (Å²) in [5.41, 5.74) is 9.11. The summed E-state index contributed by atoms with van der Waals surface area (Å²) in [4.78, 5) is 28.6. The van der Waals surface area contributed by atoms with Crippen molar-refractivity contribution in [3.8, 4) is 0 Å². The summed E-state index contributed by atoms with van der Waals surface area (Å²) in [7, 11) is 0. The van der Waals surface area contributed by atoms with Gasteiger partial charge in [-0.25, -0.2) is 0 Å². The minimum Gasteiger partial charge on any atom is -0.340 e. The highest BCUT2D eigenvalue weighted by Crippen LogP contribution is 2.28. The third-order valence-electron chi connectivity index (χ3n) is 4.84. The molecule has 2 heterocycles. The zero-order valence-corrected chi connectivity index (χ0v) is 13.2. The lowest BCUT2D eigenvalue weighted by Crippen LogP contribution is -2.40. The second kappa shape index (κ2) is 5.72. The standard InChI is InChI=1S/C17H23N3O2/c1-11-3-4-14(9-12(11)2)20-8-6-15(17(20)22)16(21)19-7-5-13(18)10-19/h3-4,9,13,15H,5-8,10,18H2,1-2H3. The number of carbonyl (C=O) groups excluding carboxylic acids is 2. The Bertz CT molecular complexity index is 614. The fourth-order valence-electron chi connectivity index (χ4n) is 3.27. The summed E-state index contributed by atoms with van der Waals surface area (Å²) in [6, 6.07) is 6.05. The number of rotatable bonds is 2. The van der Waals surface area contributed by atoms with Gasteiger partial charge in [0.1, 0.15) is 5.92 Å². The summed E-state index contributed by atoms with van der Waals surface area (Å²) in [6.45, 7) is 5.94. The number of nitrogens with two attached hydrogens (primary N) is 1. The Balaban J connectivity index is 1.74. The molecule has 3 rings (SSSR count). The van der Waals surface area contributed by atoms with Gasteiger partial charge in [-0.1, -0.05) is 6.07 Å². The lowest BCUT2D eigenvalue weighted by molar-refractivity contribution is -0.139. The topological polar surface area (TPSA) is 66.6 Å². The molecule has 2 unspecified atom stereocenters. The molecule has 0 bridgehead atoms. The lowest BCUT2D eigenvalue weighted by atomic mass is 10.1. The maximum absolute atomic E-state index is 12.6. The van der Waals surface area contributed by atoms with Crippen molar-refractivity contribution in [2.75, 3.05) is 24.5 Å². The summed E-state index contributed by atoms with van der Waals surface area (Å²) in [6.07, 6.45) is 1.42. The molecule has 2 aliphatic heterocycles. The fraction of sp³-hybridized carbons (Fsp3) is 0.529. The van der Waals surface area contributed by atoms with Crippen LogP contribution in [0.15, 0.2) is 18.2 Å². The van der Waals surface area contributed by atoms with Crippen molar-refractivity contribution in [1.29, 1.82) is 0 Å². The van der Waals surface area contributed by atoms with Gasteiger partial charge in [0.25, 0.3) is 0 Å². The van der Waals surface area contributed by atoms with Crippen LogP contribution >= 0.6 is 0 Å². The molecule has 2 aliphatic rings. The molecule has 2 amide bonds. The molecule has 2 fully saturated rings. The number of nitrogens with zero attached hydrogens (tertiary/aromatic N) is 2. The van der Waals surface area contributed by atoms with Crippen LogP contribution < -0.4 is 10.6 Å². The van der Waals surface area contributed by atoms with Gasteiger partial charge in [0.2, 0.25) is 11.8 Å². The van der Waals surface area contributed by atoms with E-state index in [1.807, 2.05) is 32.0 Å². The number of carbonyl (C=O) groups is 2. The fourth-order valence-corrected chi connectivity index (χ4v) is 3.27. The van der Waals surface area contributed by atoms with E-state index in [9.17, 15) is 9.59 Å². The van der Waals surface area contributed by atoms with Gasteiger partial charge in [-0.05, 0) is 49.9 Å². The predicted octanol–water partition coefficient (Wildman–Crippen LogP) is 1.22. The minimum atomic E-state index is -0.535. The Labute approximate surface area is 131 Å². The Kier molecular flexibility index (Phi) is 3.91. The molecule has 5 nitrogen and oxygen atoms in total. The SMILES string of the molecule is Cc1ccc(N2CCC(C(=O)N3CCC(N)C3)C2=O)cc1C. The zero-order valence-electron chi connectivity index (χ0n) is 13.2. The number of hydrogen-bond donors (Lipinski definition) is 1. The predicted molar refractivity (Wildman–Crippen MR) is 85.5 cm³/mol. The maximum Gasteiger partial charge on any atom is 0.239 e. The molecule has 2 atom stereocenters. The number of hydrogen-bond acceptors (Lipinski definition) is 3. The Morgan fingerprint density at radius 1 is 1.18 bits per heavy atom. The molecule has 0 aliphatic carbocycles. The summed E-state index contributed by atoms with van der Waals surface area (Å²) in [5.74, 6) is -0.662. The smallest absolute Gasteiger partial charge is 0.239 e. The molecule has 0 saturated carbocycles. The highest BCUT2D eigenvalue weighted by Gasteiger charge is 2.40. The zero-order chi connectivity index (χ0) is 15.9. The maximum atomic E-state index is 12.6. The van der Waals surface area contributed by atoms with Crippen molar-refractivity contribution in [3.63, 3.8) is 0 Å². The Morgan fingerprint density at radius 3 is 2.59 bits per heavy atom. The summed E-state index contributed by atoms with van der Waals surface area (Å²) < 4.78 is 0. The third-order valence-corrected chi connectivity index (χ3v) is 4.84. The van der Waals surface area contributed by atoms with E-state index in [2.05, 4.69) is 0 Å². The lowest BCUT2D eigenvalue weighted by Gasteiger charge is -2.21. The molecule has 0 aromatic heterocycles. The normalized spacial score (nSPS) is 25.1.